The summed E-state index contributed by atoms with van der Waals surface area (Å²) in [6.07, 6.45) is 2.36. The topological polar surface area (TPSA) is 76.1 Å². The molecule has 24 heavy (non-hydrogen) atoms. The molecule has 1 amide bonds. The average Bonchev–Trinajstić information content (AvgIpc) is 2.60. The molecule has 132 valence electrons. The number of amides is 1. The van der Waals surface area contributed by atoms with E-state index >= 15 is 0 Å². The standard InChI is InChI=1S/C18H25NO5/c1-2-23-15-8-3-4-9-16(15)24-12-6-10-17(20)19-11-5-7-14(13-19)18(21)22/h3-4,8-9,14H,2,5-7,10-13H2,1H3,(H,21,22). The van der Waals surface area contributed by atoms with Crippen LogP contribution in [0, 0.1) is 5.92 Å². The molecule has 1 unspecified atom stereocenters. The number of piperidine rings is 1. The highest BCUT2D eigenvalue weighted by Crippen LogP contribution is 2.26. The minimum Gasteiger partial charge on any atom is -0.490 e. The van der Waals surface area contributed by atoms with Gasteiger partial charge in [0.15, 0.2) is 11.5 Å². The Labute approximate surface area is 142 Å². The van der Waals surface area contributed by atoms with E-state index in [-0.39, 0.29) is 5.91 Å². The van der Waals surface area contributed by atoms with Gasteiger partial charge < -0.3 is 19.5 Å². The molecule has 0 radical (unpaired) electrons. The van der Waals surface area contributed by atoms with E-state index in [4.69, 9.17) is 14.6 Å². The number of rotatable bonds is 8. The number of ether oxygens (including phenoxy) is 2. The largest absolute Gasteiger partial charge is 0.490 e. The fraction of sp³-hybridized carbons (Fsp3) is 0.556. The van der Waals surface area contributed by atoms with Gasteiger partial charge in [-0.05, 0) is 38.3 Å². The molecule has 1 atom stereocenters. The van der Waals surface area contributed by atoms with Crippen molar-refractivity contribution >= 4 is 11.9 Å². The van der Waals surface area contributed by atoms with Crippen LogP contribution in [0.2, 0.25) is 0 Å². The summed E-state index contributed by atoms with van der Waals surface area (Å²) in [5.74, 6) is 0.130. The molecule has 0 saturated carbocycles. The zero-order chi connectivity index (χ0) is 17.4. The van der Waals surface area contributed by atoms with Crippen molar-refractivity contribution in [2.24, 2.45) is 5.92 Å². The number of aliphatic carboxylic acids is 1. The molecule has 6 heteroatoms. The van der Waals surface area contributed by atoms with Gasteiger partial charge in [0.05, 0.1) is 19.1 Å². The van der Waals surface area contributed by atoms with Gasteiger partial charge in [-0.25, -0.2) is 0 Å². The number of hydrogen-bond donors (Lipinski definition) is 1. The molecule has 1 N–H and O–H groups in total. The van der Waals surface area contributed by atoms with Crippen LogP contribution in [0.15, 0.2) is 24.3 Å². The summed E-state index contributed by atoms with van der Waals surface area (Å²) in [7, 11) is 0. The molecule has 1 aliphatic heterocycles. The van der Waals surface area contributed by atoms with Crippen molar-refractivity contribution in [3.8, 4) is 11.5 Å². The number of likely N-dealkylation sites (tertiary alicyclic amines) is 1. The quantitative estimate of drug-likeness (QED) is 0.739. The lowest BCUT2D eigenvalue weighted by Crippen LogP contribution is -2.42. The molecule has 1 aromatic rings. The number of carboxylic acids is 1. The SMILES string of the molecule is CCOc1ccccc1OCCCC(=O)N1CCCC(C(=O)O)C1. The van der Waals surface area contributed by atoms with E-state index in [1.54, 1.807) is 4.90 Å². The Morgan fingerprint density at radius 3 is 2.62 bits per heavy atom. The predicted octanol–water partition coefficient (Wildman–Crippen LogP) is 2.57. The van der Waals surface area contributed by atoms with Gasteiger partial charge in [-0.1, -0.05) is 12.1 Å². The van der Waals surface area contributed by atoms with Crippen molar-refractivity contribution in [1.29, 1.82) is 0 Å². The first-order chi connectivity index (χ1) is 11.6. The Balaban J connectivity index is 1.74. The molecule has 1 saturated heterocycles. The fourth-order valence-electron chi connectivity index (χ4n) is 2.81. The van der Waals surface area contributed by atoms with E-state index < -0.39 is 11.9 Å². The van der Waals surface area contributed by atoms with Crippen molar-refractivity contribution in [1.82, 2.24) is 4.90 Å². The molecule has 1 aromatic carbocycles. The summed E-state index contributed by atoms with van der Waals surface area (Å²) in [5, 5.41) is 9.08. The number of benzene rings is 1. The monoisotopic (exact) mass is 335 g/mol. The van der Waals surface area contributed by atoms with Crippen molar-refractivity contribution in [3.05, 3.63) is 24.3 Å². The van der Waals surface area contributed by atoms with E-state index in [0.29, 0.717) is 57.1 Å². The zero-order valence-electron chi connectivity index (χ0n) is 14.1. The highest BCUT2D eigenvalue weighted by molar-refractivity contribution is 5.78. The molecule has 0 aliphatic carbocycles. The maximum Gasteiger partial charge on any atom is 0.308 e. The van der Waals surface area contributed by atoms with Gasteiger partial charge >= 0.3 is 5.97 Å². The normalized spacial score (nSPS) is 17.4. The van der Waals surface area contributed by atoms with Crippen LogP contribution in [0.4, 0.5) is 0 Å². The van der Waals surface area contributed by atoms with E-state index in [9.17, 15) is 9.59 Å². The number of carbonyl (C=O) groups is 2. The second-order valence-corrected chi connectivity index (χ2v) is 5.85. The molecule has 2 rings (SSSR count). The number of hydrogen-bond acceptors (Lipinski definition) is 4. The average molecular weight is 335 g/mol. The van der Waals surface area contributed by atoms with E-state index in [1.165, 1.54) is 0 Å². The molecular weight excluding hydrogens is 310 g/mol. The second kappa shape index (κ2) is 9.15. The lowest BCUT2D eigenvalue weighted by molar-refractivity contribution is -0.145. The summed E-state index contributed by atoms with van der Waals surface area (Å²) in [5.41, 5.74) is 0. The summed E-state index contributed by atoms with van der Waals surface area (Å²) in [6, 6.07) is 7.46. The van der Waals surface area contributed by atoms with Crippen molar-refractivity contribution < 1.29 is 24.2 Å². The molecule has 0 spiro atoms. The van der Waals surface area contributed by atoms with Gasteiger partial charge in [0.2, 0.25) is 5.91 Å². The predicted molar refractivity (Wildman–Crippen MR) is 89.3 cm³/mol. The van der Waals surface area contributed by atoms with Crippen LogP contribution in [0.1, 0.15) is 32.6 Å². The number of carbonyl (C=O) groups excluding carboxylic acids is 1. The fourth-order valence-corrected chi connectivity index (χ4v) is 2.81. The Kier molecular flexibility index (Phi) is 6.90. The van der Waals surface area contributed by atoms with Crippen LogP contribution >= 0.6 is 0 Å². The van der Waals surface area contributed by atoms with Gasteiger partial charge in [-0.2, -0.15) is 0 Å². The first-order valence-electron chi connectivity index (χ1n) is 8.47. The molecule has 1 aliphatic rings. The van der Waals surface area contributed by atoms with E-state index in [2.05, 4.69) is 0 Å². The van der Waals surface area contributed by atoms with Crippen molar-refractivity contribution in [3.63, 3.8) is 0 Å². The molecule has 1 fully saturated rings. The number of nitrogens with zero attached hydrogens (tertiary/aromatic N) is 1. The van der Waals surface area contributed by atoms with E-state index in [0.717, 1.165) is 6.42 Å². The van der Waals surface area contributed by atoms with Gasteiger partial charge in [0, 0.05) is 19.5 Å². The smallest absolute Gasteiger partial charge is 0.308 e. The van der Waals surface area contributed by atoms with Gasteiger partial charge in [-0.15, -0.1) is 0 Å². The lowest BCUT2D eigenvalue weighted by atomic mass is 9.98. The van der Waals surface area contributed by atoms with Crippen LogP contribution in [0.3, 0.4) is 0 Å². The third kappa shape index (κ3) is 5.15. The van der Waals surface area contributed by atoms with Crippen LogP contribution in [-0.2, 0) is 9.59 Å². The minimum atomic E-state index is -0.816. The van der Waals surface area contributed by atoms with Crippen LogP contribution < -0.4 is 9.47 Å². The van der Waals surface area contributed by atoms with Gasteiger partial charge in [0.1, 0.15) is 0 Å². The molecule has 1 heterocycles. The minimum absolute atomic E-state index is 0.00245. The van der Waals surface area contributed by atoms with Crippen LogP contribution in [0.5, 0.6) is 11.5 Å². The van der Waals surface area contributed by atoms with Crippen molar-refractivity contribution in [2.75, 3.05) is 26.3 Å². The van der Waals surface area contributed by atoms with Gasteiger partial charge in [-0.3, -0.25) is 9.59 Å². The Morgan fingerprint density at radius 2 is 1.96 bits per heavy atom. The second-order valence-electron chi connectivity index (χ2n) is 5.85. The number of carboxylic acid groups (broad SMARTS) is 1. The maximum absolute atomic E-state index is 12.2. The Bertz CT molecular complexity index is 560. The molecule has 6 nitrogen and oxygen atoms in total. The highest BCUT2D eigenvalue weighted by atomic mass is 16.5. The third-order valence-electron chi connectivity index (χ3n) is 4.06. The molecule has 0 aromatic heterocycles. The lowest BCUT2D eigenvalue weighted by Gasteiger charge is -2.30. The summed E-state index contributed by atoms with van der Waals surface area (Å²) >= 11 is 0. The van der Waals surface area contributed by atoms with Crippen molar-refractivity contribution in [2.45, 2.75) is 32.6 Å². The summed E-state index contributed by atoms with van der Waals surface area (Å²) in [4.78, 5) is 24.9. The molecular formula is C18H25NO5. The Morgan fingerprint density at radius 1 is 1.25 bits per heavy atom. The zero-order valence-corrected chi connectivity index (χ0v) is 14.1. The first kappa shape index (κ1) is 18.1. The summed E-state index contributed by atoms with van der Waals surface area (Å²) < 4.78 is 11.2. The third-order valence-corrected chi connectivity index (χ3v) is 4.06. The van der Waals surface area contributed by atoms with Crippen LogP contribution in [-0.4, -0.2) is 48.2 Å². The highest BCUT2D eigenvalue weighted by Gasteiger charge is 2.27. The molecule has 0 bridgehead atoms. The van der Waals surface area contributed by atoms with Crippen LogP contribution in [0.25, 0.3) is 0 Å². The summed E-state index contributed by atoms with van der Waals surface area (Å²) in [6.45, 7) is 3.88. The number of para-hydroxylation sites is 2. The Hall–Kier alpha value is -2.24. The van der Waals surface area contributed by atoms with E-state index in [1.807, 2.05) is 31.2 Å². The maximum atomic E-state index is 12.2. The first-order valence-corrected chi connectivity index (χ1v) is 8.47. The van der Waals surface area contributed by atoms with Gasteiger partial charge in [0.25, 0.3) is 0 Å².